The normalized spacial score (nSPS) is 15.1. The van der Waals surface area contributed by atoms with E-state index in [1.54, 1.807) is 11.3 Å². The van der Waals surface area contributed by atoms with Gasteiger partial charge in [-0.15, -0.1) is 11.3 Å². The zero-order valence-electron chi connectivity index (χ0n) is 12.8. The SMILES string of the molecule is O=C(NCCN1CCCC1)c1ccccc1Cc1cccs1. The zero-order chi connectivity index (χ0) is 15.2. The van der Waals surface area contributed by atoms with E-state index in [9.17, 15) is 4.79 Å². The summed E-state index contributed by atoms with van der Waals surface area (Å²) in [7, 11) is 0. The summed E-state index contributed by atoms with van der Waals surface area (Å²) in [5.74, 6) is 0.0475. The molecule has 1 aromatic carbocycles. The number of hydrogen-bond acceptors (Lipinski definition) is 3. The van der Waals surface area contributed by atoms with Crippen LogP contribution >= 0.6 is 11.3 Å². The largest absolute Gasteiger partial charge is 0.351 e. The molecule has 1 saturated heterocycles. The van der Waals surface area contributed by atoms with Crippen LogP contribution in [0.15, 0.2) is 41.8 Å². The molecule has 0 atom stereocenters. The van der Waals surface area contributed by atoms with Gasteiger partial charge in [-0.2, -0.15) is 0 Å². The van der Waals surface area contributed by atoms with Gasteiger partial charge in [0.05, 0.1) is 0 Å². The van der Waals surface area contributed by atoms with Crippen molar-refractivity contribution in [2.24, 2.45) is 0 Å². The van der Waals surface area contributed by atoms with Crippen molar-refractivity contribution in [3.8, 4) is 0 Å². The van der Waals surface area contributed by atoms with Crippen LogP contribution in [0.25, 0.3) is 0 Å². The Morgan fingerprint density at radius 2 is 1.95 bits per heavy atom. The van der Waals surface area contributed by atoms with Gasteiger partial charge in [0.1, 0.15) is 0 Å². The van der Waals surface area contributed by atoms with Crippen LogP contribution in [0, 0.1) is 0 Å². The van der Waals surface area contributed by atoms with E-state index in [1.165, 1.54) is 30.8 Å². The Morgan fingerprint density at radius 1 is 1.14 bits per heavy atom. The number of likely N-dealkylation sites (tertiary alicyclic amines) is 1. The molecule has 1 aliphatic rings. The van der Waals surface area contributed by atoms with Crippen molar-refractivity contribution in [1.29, 1.82) is 0 Å². The molecule has 1 N–H and O–H groups in total. The van der Waals surface area contributed by atoms with Crippen molar-refractivity contribution in [2.45, 2.75) is 19.3 Å². The smallest absolute Gasteiger partial charge is 0.251 e. The van der Waals surface area contributed by atoms with Crippen LogP contribution in [0.5, 0.6) is 0 Å². The van der Waals surface area contributed by atoms with Crippen LogP contribution in [-0.2, 0) is 6.42 Å². The highest BCUT2D eigenvalue weighted by Crippen LogP contribution is 2.18. The number of amides is 1. The van der Waals surface area contributed by atoms with E-state index in [0.29, 0.717) is 0 Å². The molecule has 0 bridgehead atoms. The van der Waals surface area contributed by atoms with E-state index in [2.05, 4.69) is 33.8 Å². The summed E-state index contributed by atoms with van der Waals surface area (Å²) in [6, 6.07) is 12.1. The van der Waals surface area contributed by atoms with E-state index in [4.69, 9.17) is 0 Å². The monoisotopic (exact) mass is 314 g/mol. The lowest BCUT2D eigenvalue weighted by Crippen LogP contribution is -2.33. The molecule has 0 unspecified atom stereocenters. The first-order valence-electron chi connectivity index (χ1n) is 7.94. The van der Waals surface area contributed by atoms with Crippen LogP contribution in [0.1, 0.15) is 33.6 Å². The highest BCUT2D eigenvalue weighted by atomic mass is 32.1. The van der Waals surface area contributed by atoms with Crippen molar-refractivity contribution < 1.29 is 4.79 Å². The Labute approximate surface area is 136 Å². The lowest BCUT2D eigenvalue weighted by atomic mass is 10.0. The minimum absolute atomic E-state index is 0.0475. The highest BCUT2D eigenvalue weighted by Gasteiger charge is 2.13. The number of nitrogens with one attached hydrogen (secondary N) is 1. The summed E-state index contributed by atoms with van der Waals surface area (Å²) >= 11 is 1.73. The fourth-order valence-corrected chi connectivity index (χ4v) is 3.65. The Kier molecular flexibility index (Phi) is 5.24. The van der Waals surface area contributed by atoms with Crippen molar-refractivity contribution in [3.63, 3.8) is 0 Å². The Balaban J connectivity index is 1.59. The standard InChI is InChI=1S/C18H22N2OS/c21-18(19-9-12-20-10-3-4-11-20)17-8-2-1-6-15(17)14-16-7-5-13-22-16/h1-2,5-8,13H,3-4,9-12,14H2,(H,19,21). The Morgan fingerprint density at radius 3 is 2.73 bits per heavy atom. The van der Waals surface area contributed by atoms with Gasteiger partial charge in [0, 0.05) is 30.0 Å². The van der Waals surface area contributed by atoms with Gasteiger partial charge in [-0.25, -0.2) is 0 Å². The number of hydrogen-bond donors (Lipinski definition) is 1. The number of carbonyl (C=O) groups excluding carboxylic acids is 1. The van der Waals surface area contributed by atoms with Gasteiger partial charge in [-0.1, -0.05) is 24.3 Å². The second-order valence-electron chi connectivity index (χ2n) is 5.72. The molecule has 2 aromatic rings. The minimum atomic E-state index is 0.0475. The maximum absolute atomic E-state index is 12.4. The van der Waals surface area contributed by atoms with Crippen LogP contribution < -0.4 is 5.32 Å². The van der Waals surface area contributed by atoms with Crippen LogP contribution in [0.4, 0.5) is 0 Å². The predicted octanol–water partition coefficient (Wildman–Crippen LogP) is 3.16. The molecule has 1 fully saturated rings. The van der Waals surface area contributed by atoms with Gasteiger partial charge in [-0.05, 0) is 49.0 Å². The summed E-state index contributed by atoms with van der Waals surface area (Å²) in [5.41, 5.74) is 1.90. The molecule has 116 valence electrons. The first-order valence-corrected chi connectivity index (χ1v) is 8.82. The summed E-state index contributed by atoms with van der Waals surface area (Å²) in [4.78, 5) is 16.1. The van der Waals surface area contributed by atoms with Gasteiger partial charge < -0.3 is 10.2 Å². The molecule has 3 nitrogen and oxygen atoms in total. The van der Waals surface area contributed by atoms with Crippen molar-refractivity contribution in [2.75, 3.05) is 26.2 Å². The Hall–Kier alpha value is -1.65. The lowest BCUT2D eigenvalue weighted by molar-refractivity contribution is 0.0949. The number of benzene rings is 1. The van der Waals surface area contributed by atoms with E-state index < -0.39 is 0 Å². The van der Waals surface area contributed by atoms with E-state index in [0.717, 1.165) is 30.6 Å². The lowest BCUT2D eigenvalue weighted by Gasteiger charge is -2.15. The molecule has 4 heteroatoms. The molecular formula is C18H22N2OS. The van der Waals surface area contributed by atoms with E-state index in [-0.39, 0.29) is 5.91 Å². The minimum Gasteiger partial charge on any atom is -0.351 e. The molecular weight excluding hydrogens is 292 g/mol. The first-order chi connectivity index (χ1) is 10.8. The number of nitrogens with zero attached hydrogens (tertiary/aromatic N) is 1. The third kappa shape index (κ3) is 3.96. The molecule has 1 aliphatic heterocycles. The quantitative estimate of drug-likeness (QED) is 0.888. The van der Waals surface area contributed by atoms with Crippen molar-refractivity contribution >= 4 is 17.2 Å². The predicted molar refractivity (Wildman–Crippen MR) is 91.6 cm³/mol. The van der Waals surface area contributed by atoms with Crippen LogP contribution in [0.3, 0.4) is 0 Å². The Bertz CT molecular complexity index is 603. The maximum Gasteiger partial charge on any atom is 0.251 e. The molecule has 3 rings (SSSR count). The number of rotatable bonds is 6. The average molecular weight is 314 g/mol. The van der Waals surface area contributed by atoms with E-state index in [1.807, 2.05) is 18.2 Å². The van der Waals surface area contributed by atoms with Crippen molar-refractivity contribution in [1.82, 2.24) is 10.2 Å². The van der Waals surface area contributed by atoms with Gasteiger partial charge in [0.25, 0.3) is 5.91 Å². The summed E-state index contributed by atoms with van der Waals surface area (Å²) < 4.78 is 0. The molecule has 1 aromatic heterocycles. The third-order valence-electron chi connectivity index (χ3n) is 4.12. The molecule has 1 amide bonds. The number of carbonyl (C=O) groups is 1. The van der Waals surface area contributed by atoms with Crippen LogP contribution in [-0.4, -0.2) is 37.0 Å². The second kappa shape index (κ2) is 7.56. The third-order valence-corrected chi connectivity index (χ3v) is 5.00. The average Bonchev–Trinajstić information content (AvgIpc) is 3.21. The molecule has 0 aliphatic carbocycles. The van der Waals surface area contributed by atoms with Gasteiger partial charge >= 0.3 is 0 Å². The fraction of sp³-hybridized carbons (Fsp3) is 0.389. The topological polar surface area (TPSA) is 32.3 Å². The molecule has 0 radical (unpaired) electrons. The second-order valence-corrected chi connectivity index (χ2v) is 6.75. The first kappa shape index (κ1) is 15.3. The summed E-state index contributed by atoms with van der Waals surface area (Å²) in [6.45, 7) is 4.03. The van der Waals surface area contributed by atoms with Crippen molar-refractivity contribution in [3.05, 3.63) is 57.8 Å². The summed E-state index contributed by atoms with van der Waals surface area (Å²) in [6.07, 6.45) is 3.41. The van der Waals surface area contributed by atoms with Gasteiger partial charge in [0.2, 0.25) is 0 Å². The fourth-order valence-electron chi connectivity index (χ4n) is 2.93. The molecule has 22 heavy (non-hydrogen) atoms. The summed E-state index contributed by atoms with van der Waals surface area (Å²) in [5, 5.41) is 5.15. The highest BCUT2D eigenvalue weighted by molar-refractivity contribution is 7.09. The molecule has 0 saturated carbocycles. The van der Waals surface area contributed by atoms with Crippen LogP contribution in [0.2, 0.25) is 0 Å². The number of thiophene rings is 1. The zero-order valence-corrected chi connectivity index (χ0v) is 13.6. The van der Waals surface area contributed by atoms with Gasteiger partial charge in [0.15, 0.2) is 0 Å². The molecule has 2 heterocycles. The van der Waals surface area contributed by atoms with E-state index >= 15 is 0 Å². The molecule has 0 spiro atoms. The van der Waals surface area contributed by atoms with Gasteiger partial charge in [-0.3, -0.25) is 4.79 Å². The maximum atomic E-state index is 12.4.